The van der Waals surface area contributed by atoms with Crippen LogP contribution in [0.5, 0.6) is 5.88 Å². The Morgan fingerprint density at radius 1 is 1.05 bits per heavy atom. The first-order valence-corrected chi connectivity index (χ1v) is 13.0. The Hall–Kier alpha value is -3.68. The van der Waals surface area contributed by atoms with Gasteiger partial charge in [0.1, 0.15) is 6.10 Å². The molecule has 8 heteroatoms. The van der Waals surface area contributed by atoms with Crippen LogP contribution in [0.25, 0.3) is 11.1 Å². The zero-order valence-electron chi connectivity index (χ0n) is 22.5. The van der Waals surface area contributed by atoms with Gasteiger partial charge in [-0.15, -0.1) is 0 Å². The average molecular weight is 502 g/mol. The van der Waals surface area contributed by atoms with Gasteiger partial charge < -0.3 is 14.4 Å². The van der Waals surface area contributed by atoms with Crippen LogP contribution in [0.4, 0.5) is 10.7 Å². The number of amides is 1. The molecule has 0 saturated carbocycles. The van der Waals surface area contributed by atoms with Crippen LogP contribution in [-0.4, -0.2) is 52.2 Å². The first-order valence-electron chi connectivity index (χ1n) is 13.0. The summed E-state index contributed by atoms with van der Waals surface area (Å²) < 4.78 is 11.5. The third-order valence-corrected chi connectivity index (χ3v) is 7.30. The summed E-state index contributed by atoms with van der Waals surface area (Å²) in [7, 11) is 1.62. The van der Waals surface area contributed by atoms with Crippen molar-refractivity contribution in [2.45, 2.75) is 65.6 Å². The van der Waals surface area contributed by atoms with Crippen molar-refractivity contribution in [2.24, 2.45) is 0 Å². The Kier molecular flexibility index (Phi) is 6.75. The van der Waals surface area contributed by atoms with E-state index in [2.05, 4.69) is 66.8 Å². The highest BCUT2D eigenvalue weighted by Crippen LogP contribution is 2.37. The number of aromatic nitrogens is 3. The van der Waals surface area contributed by atoms with E-state index in [-0.39, 0.29) is 18.2 Å². The monoisotopic (exact) mass is 501 g/mol. The molecule has 5 rings (SSSR count). The Labute approximate surface area is 218 Å². The molecule has 0 radical (unpaired) electrons. The summed E-state index contributed by atoms with van der Waals surface area (Å²) in [6.45, 7) is 12.6. The summed E-state index contributed by atoms with van der Waals surface area (Å²) in [6.07, 6.45) is 4.13. The summed E-state index contributed by atoms with van der Waals surface area (Å²) >= 11 is 0. The zero-order chi connectivity index (χ0) is 26.3. The first-order chi connectivity index (χ1) is 17.7. The van der Waals surface area contributed by atoms with E-state index in [0.717, 1.165) is 58.6 Å². The largest absolute Gasteiger partial charge is 0.481 e. The van der Waals surface area contributed by atoms with Crippen LogP contribution in [0.15, 0.2) is 36.7 Å². The molecule has 3 aromatic rings. The van der Waals surface area contributed by atoms with E-state index in [1.54, 1.807) is 12.0 Å². The number of cyclic esters (lactones) is 1. The normalized spacial score (nSPS) is 19.3. The fourth-order valence-electron chi connectivity index (χ4n) is 5.06. The van der Waals surface area contributed by atoms with Crippen molar-refractivity contribution >= 4 is 12.0 Å². The highest BCUT2D eigenvalue weighted by molar-refractivity contribution is 5.74. The Morgan fingerprint density at radius 2 is 1.78 bits per heavy atom. The van der Waals surface area contributed by atoms with E-state index in [0.29, 0.717) is 24.3 Å². The quantitative estimate of drug-likeness (QED) is 0.418. The number of ether oxygens (including phenoxy) is 2. The summed E-state index contributed by atoms with van der Waals surface area (Å²) in [5.41, 5.74) is 6.80. The van der Waals surface area contributed by atoms with Crippen LogP contribution >= 0.6 is 0 Å². The van der Waals surface area contributed by atoms with Crippen LogP contribution in [0, 0.1) is 13.8 Å². The maximum absolute atomic E-state index is 13.2. The second kappa shape index (κ2) is 10.00. The van der Waals surface area contributed by atoms with Gasteiger partial charge in [0, 0.05) is 36.6 Å². The lowest BCUT2D eigenvalue weighted by molar-refractivity contribution is 0.130. The minimum absolute atomic E-state index is 0.161. The van der Waals surface area contributed by atoms with Crippen LogP contribution in [0.3, 0.4) is 0 Å². The molecule has 2 aliphatic rings. The summed E-state index contributed by atoms with van der Waals surface area (Å²) in [6, 6.07) is 8.24. The first kappa shape index (κ1) is 25.0. The number of hydrogen-bond donors (Lipinski definition) is 0. The van der Waals surface area contributed by atoms with Crippen molar-refractivity contribution in [2.75, 3.05) is 25.1 Å². The van der Waals surface area contributed by atoms with E-state index in [4.69, 9.17) is 14.5 Å². The number of nitrogens with zero attached hydrogens (tertiary/aromatic N) is 5. The lowest BCUT2D eigenvalue weighted by atomic mass is 9.98. The lowest BCUT2D eigenvalue weighted by Crippen LogP contribution is -2.39. The van der Waals surface area contributed by atoms with Crippen molar-refractivity contribution in [3.63, 3.8) is 0 Å². The maximum atomic E-state index is 13.2. The van der Waals surface area contributed by atoms with Crippen LogP contribution in [0.2, 0.25) is 0 Å². The van der Waals surface area contributed by atoms with E-state index in [1.807, 2.05) is 19.3 Å². The van der Waals surface area contributed by atoms with Gasteiger partial charge in [-0.2, -0.15) is 0 Å². The van der Waals surface area contributed by atoms with E-state index < -0.39 is 0 Å². The highest BCUT2D eigenvalue weighted by atomic mass is 16.6. The van der Waals surface area contributed by atoms with Crippen LogP contribution in [-0.2, 0) is 11.3 Å². The summed E-state index contributed by atoms with van der Waals surface area (Å²) in [4.78, 5) is 31.3. The molecule has 4 heterocycles. The third kappa shape index (κ3) is 4.84. The predicted molar refractivity (Wildman–Crippen MR) is 143 cm³/mol. The SMILES string of the molecule is COc1ncc(C(C)C)cc1-c1cnc(N2CCC2)nc1CN1C(=O)O[C@H](c2cc(C)cc(C)c2)[C@@H]1C. The van der Waals surface area contributed by atoms with Crippen LogP contribution < -0.4 is 9.64 Å². The number of aryl methyl sites for hydroxylation is 2. The van der Waals surface area contributed by atoms with E-state index in [9.17, 15) is 4.79 Å². The molecule has 1 aromatic carbocycles. The fraction of sp³-hybridized carbons (Fsp3) is 0.448. The molecule has 0 aliphatic carbocycles. The Morgan fingerprint density at radius 3 is 2.41 bits per heavy atom. The number of methoxy groups -OCH3 is 1. The topological polar surface area (TPSA) is 80.7 Å². The van der Waals surface area contributed by atoms with Crippen molar-refractivity contribution in [1.29, 1.82) is 0 Å². The molecule has 8 nitrogen and oxygen atoms in total. The average Bonchev–Trinajstić information content (AvgIpc) is 3.10. The van der Waals surface area contributed by atoms with Gasteiger partial charge in [-0.05, 0) is 50.3 Å². The molecule has 1 amide bonds. The number of pyridine rings is 1. The number of carbonyl (C=O) groups is 1. The number of hydrogen-bond acceptors (Lipinski definition) is 7. The number of carbonyl (C=O) groups excluding carboxylic acids is 1. The molecular weight excluding hydrogens is 466 g/mol. The second-order valence-corrected chi connectivity index (χ2v) is 10.4. The molecule has 37 heavy (non-hydrogen) atoms. The zero-order valence-corrected chi connectivity index (χ0v) is 22.5. The smallest absolute Gasteiger partial charge is 0.411 e. The highest BCUT2D eigenvalue weighted by Gasteiger charge is 2.40. The standard InChI is InChI=1S/C29H35N5O3/c1-17(2)22-13-23(27(36-6)30-14-22)24-15-31-28(33-8-7-9-33)32-25(24)16-34-20(5)26(37-29(34)35)21-11-18(3)10-19(4)12-21/h10-15,17,20,26H,7-9,16H2,1-6H3/t20-,26-/m0/s1. The van der Waals surface area contributed by atoms with Gasteiger partial charge in [-0.3, -0.25) is 4.90 Å². The molecule has 2 fully saturated rings. The van der Waals surface area contributed by atoms with Gasteiger partial charge in [-0.1, -0.05) is 43.2 Å². The maximum Gasteiger partial charge on any atom is 0.411 e. The second-order valence-electron chi connectivity index (χ2n) is 10.4. The van der Waals surface area contributed by atoms with Crippen molar-refractivity contribution in [3.05, 3.63) is 64.6 Å². The molecule has 2 aliphatic heterocycles. The Balaban J connectivity index is 1.54. The predicted octanol–water partition coefficient (Wildman–Crippen LogP) is 5.58. The molecule has 2 atom stereocenters. The lowest BCUT2D eigenvalue weighted by Gasteiger charge is -2.31. The number of benzene rings is 1. The van der Waals surface area contributed by atoms with Gasteiger partial charge in [0.05, 0.1) is 25.4 Å². The van der Waals surface area contributed by atoms with Crippen molar-refractivity contribution < 1.29 is 14.3 Å². The van der Waals surface area contributed by atoms with E-state index >= 15 is 0 Å². The summed E-state index contributed by atoms with van der Waals surface area (Å²) in [5, 5.41) is 0. The molecular formula is C29H35N5O3. The van der Waals surface area contributed by atoms with Gasteiger partial charge >= 0.3 is 6.09 Å². The minimum atomic E-state index is -0.341. The molecule has 0 N–H and O–H groups in total. The van der Waals surface area contributed by atoms with E-state index in [1.165, 1.54) is 0 Å². The number of rotatable bonds is 7. The van der Waals surface area contributed by atoms with Gasteiger partial charge in [0.2, 0.25) is 11.8 Å². The Bertz CT molecular complexity index is 1300. The van der Waals surface area contributed by atoms with Gasteiger partial charge in [0.25, 0.3) is 0 Å². The van der Waals surface area contributed by atoms with Crippen molar-refractivity contribution in [1.82, 2.24) is 19.9 Å². The molecule has 2 saturated heterocycles. The molecule has 2 aromatic heterocycles. The summed E-state index contributed by atoms with van der Waals surface area (Å²) in [5.74, 6) is 1.49. The fourth-order valence-corrected chi connectivity index (χ4v) is 5.06. The molecule has 194 valence electrons. The molecule has 0 unspecified atom stereocenters. The molecule has 0 bridgehead atoms. The third-order valence-electron chi connectivity index (χ3n) is 7.30. The molecule has 0 spiro atoms. The minimum Gasteiger partial charge on any atom is -0.481 e. The van der Waals surface area contributed by atoms with Crippen LogP contribution in [0.1, 0.15) is 67.2 Å². The van der Waals surface area contributed by atoms with Gasteiger partial charge in [-0.25, -0.2) is 19.7 Å². The number of anilines is 1. The van der Waals surface area contributed by atoms with Gasteiger partial charge in [0.15, 0.2) is 0 Å². The van der Waals surface area contributed by atoms with Crippen molar-refractivity contribution in [3.8, 4) is 17.0 Å².